The summed E-state index contributed by atoms with van der Waals surface area (Å²) in [5.74, 6) is -3.21. The highest BCUT2D eigenvalue weighted by Gasteiger charge is 2.47. The SMILES string of the molecule is CC1CC(C(=O)O)C(C(=O)N2CC(O)CC2C(N)=O)C1. The average Bonchev–Trinajstić information content (AvgIpc) is 2.91. The number of rotatable bonds is 3. The summed E-state index contributed by atoms with van der Waals surface area (Å²) >= 11 is 0. The van der Waals surface area contributed by atoms with E-state index in [2.05, 4.69) is 0 Å². The molecule has 7 heteroatoms. The zero-order valence-corrected chi connectivity index (χ0v) is 11.4. The summed E-state index contributed by atoms with van der Waals surface area (Å²) in [5, 5.41) is 18.8. The van der Waals surface area contributed by atoms with Crippen LogP contribution in [0.25, 0.3) is 0 Å². The fourth-order valence-electron chi connectivity index (χ4n) is 3.38. The molecule has 2 rings (SSSR count). The predicted molar refractivity (Wildman–Crippen MR) is 68.3 cm³/mol. The number of likely N-dealkylation sites (tertiary alicyclic amines) is 1. The van der Waals surface area contributed by atoms with Crippen molar-refractivity contribution in [2.45, 2.75) is 38.3 Å². The maximum atomic E-state index is 12.5. The molecule has 1 saturated carbocycles. The number of β-amino-alcohol motifs (C(OH)–C–C–N with tert-alkyl or cyclic N) is 1. The van der Waals surface area contributed by atoms with Gasteiger partial charge in [-0.15, -0.1) is 0 Å². The minimum Gasteiger partial charge on any atom is -0.481 e. The van der Waals surface area contributed by atoms with Crippen molar-refractivity contribution < 1.29 is 24.6 Å². The van der Waals surface area contributed by atoms with Crippen molar-refractivity contribution in [3.05, 3.63) is 0 Å². The smallest absolute Gasteiger partial charge is 0.307 e. The third-order valence-electron chi connectivity index (χ3n) is 4.32. The van der Waals surface area contributed by atoms with Gasteiger partial charge in [-0.1, -0.05) is 6.92 Å². The molecule has 2 amide bonds. The van der Waals surface area contributed by atoms with Crippen molar-refractivity contribution >= 4 is 17.8 Å². The molecule has 7 nitrogen and oxygen atoms in total. The first kappa shape index (κ1) is 14.8. The molecular weight excluding hydrogens is 264 g/mol. The summed E-state index contributed by atoms with van der Waals surface area (Å²) in [4.78, 5) is 36.4. The van der Waals surface area contributed by atoms with Gasteiger partial charge in [-0.05, 0) is 18.8 Å². The quantitative estimate of drug-likeness (QED) is 0.625. The van der Waals surface area contributed by atoms with Gasteiger partial charge in [0.05, 0.1) is 17.9 Å². The molecule has 2 fully saturated rings. The fourth-order valence-corrected chi connectivity index (χ4v) is 3.38. The van der Waals surface area contributed by atoms with Gasteiger partial charge in [-0.25, -0.2) is 0 Å². The molecule has 0 radical (unpaired) electrons. The van der Waals surface area contributed by atoms with Gasteiger partial charge in [0, 0.05) is 13.0 Å². The molecular formula is C13H20N2O5. The maximum Gasteiger partial charge on any atom is 0.307 e. The predicted octanol–water partition coefficient (Wildman–Crippen LogP) is -0.820. The number of nitrogens with zero attached hydrogens (tertiary/aromatic N) is 1. The first-order valence-electron chi connectivity index (χ1n) is 6.82. The number of primary amides is 1. The Morgan fingerprint density at radius 3 is 2.30 bits per heavy atom. The number of hydrogen-bond acceptors (Lipinski definition) is 4. The Balaban J connectivity index is 2.17. The van der Waals surface area contributed by atoms with Crippen LogP contribution >= 0.6 is 0 Å². The normalized spacial score (nSPS) is 37.1. The largest absolute Gasteiger partial charge is 0.481 e. The molecule has 4 N–H and O–H groups in total. The van der Waals surface area contributed by atoms with Gasteiger partial charge in [-0.2, -0.15) is 0 Å². The number of aliphatic hydroxyl groups excluding tert-OH is 1. The van der Waals surface area contributed by atoms with E-state index in [4.69, 9.17) is 5.73 Å². The number of nitrogens with two attached hydrogens (primary N) is 1. The second kappa shape index (κ2) is 5.40. The molecule has 0 bridgehead atoms. The van der Waals surface area contributed by atoms with Gasteiger partial charge < -0.3 is 20.8 Å². The van der Waals surface area contributed by atoms with Gasteiger partial charge in [0.15, 0.2) is 0 Å². The van der Waals surface area contributed by atoms with Crippen molar-refractivity contribution in [2.75, 3.05) is 6.54 Å². The van der Waals surface area contributed by atoms with Gasteiger partial charge in [-0.3, -0.25) is 14.4 Å². The Hall–Kier alpha value is -1.63. The van der Waals surface area contributed by atoms with Crippen LogP contribution in [-0.2, 0) is 14.4 Å². The Labute approximate surface area is 116 Å². The number of carbonyl (C=O) groups excluding carboxylic acids is 2. The number of aliphatic carboxylic acids is 1. The minimum atomic E-state index is -0.983. The molecule has 0 spiro atoms. The highest BCUT2D eigenvalue weighted by atomic mass is 16.4. The fraction of sp³-hybridized carbons (Fsp3) is 0.769. The van der Waals surface area contributed by atoms with Crippen molar-refractivity contribution in [3.63, 3.8) is 0 Å². The number of carboxylic acids is 1. The standard InChI is InChI=1S/C13H20N2O5/c1-6-2-8(9(3-6)13(19)20)12(18)15-5-7(16)4-10(15)11(14)17/h6-10,16H,2-5H2,1H3,(H2,14,17)(H,19,20). The van der Waals surface area contributed by atoms with Crippen LogP contribution in [0.15, 0.2) is 0 Å². The van der Waals surface area contributed by atoms with E-state index in [9.17, 15) is 24.6 Å². The topological polar surface area (TPSA) is 121 Å². The zero-order chi connectivity index (χ0) is 15.0. The molecule has 0 aromatic rings. The van der Waals surface area contributed by atoms with E-state index in [1.807, 2.05) is 6.92 Å². The lowest BCUT2D eigenvalue weighted by Gasteiger charge is -2.26. The van der Waals surface area contributed by atoms with Crippen LogP contribution in [0.4, 0.5) is 0 Å². The monoisotopic (exact) mass is 284 g/mol. The van der Waals surface area contributed by atoms with Crippen LogP contribution in [0.1, 0.15) is 26.2 Å². The summed E-state index contributed by atoms with van der Waals surface area (Å²) in [7, 11) is 0. The summed E-state index contributed by atoms with van der Waals surface area (Å²) in [5.41, 5.74) is 5.25. The van der Waals surface area contributed by atoms with Crippen LogP contribution < -0.4 is 5.73 Å². The van der Waals surface area contributed by atoms with E-state index in [1.165, 1.54) is 4.90 Å². The van der Waals surface area contributed by atoms with Crippen LogP contribution in [0.3, 0.4) is 0 Å². The Morgan fingerprint density at radius 2 is 1.75 bits per heavy atom. The number of carboxylic acid groups (broad SMARTS) is 1. The molecule has 1 aliphatic carbocycles. The summed E-state index contributed by atoms with van der Waals surface area (Å²) in [6.07, 6.45) is 0.303. The van der Waals surface area contributed by atoms with E-state index in [1.54, 1.807) is 0 Å². The lowest BCUT2D eigenvalue weighted by Crippen LogP contribution is -2.47. The lowest BCUT2D eigenvalue weighted by molar-refractivity contribution is -0.150. The van der Waals surface area contributed by atoms with E-state index in [-0.39, 0.29) is 24.8 Å². The molecule has 0 aromatic carbocycles. The van der Waals surface area contributed by atoms with Crippen LogP contribution in [0, 0.1) is 17.8 Å². The number of amides is 2. The minimum absolute atomic E-state index is 0.0453. The Kier molecular flexibility index (Phi) is 3.99. The molecule has 20 heavy (non-hydrogen) atoms. The maximum absolute atomic E-state index is 12.5. The molecule has 5 unspecified atom stereocenters. The summed E-state index contributed by atoms with van der Waals surface area (Å²) < 4.78 is 0. The van der Waals surface area contributed by atoms with Crippen molar-refractivity contribution in [2.24, 2.45) is 23.5 Å². The lowest BCUT2D eigenvalue weighted by atomic mass is 9.94. The first-order valence-corrected chi connectivity index (χ1v) is 6.82. The van der Waals surface area contributed by atoms with Crippen molar-refractivity contribution in [3.8, 4) is 0 Å². The van der Waals surface area contributed by atoms with E-state index in [0.29, 0.717) is 12.8 Å². The van der Waals surface area contributed by atoms with Gasteiger partial charge in [0.25, 0.3) is 0 Å². The summed E-state index contributed by atoms with van der Waals surface area (Å²) in [6, 6.07) is -0.831. The average molecular weight is 284 g/mol. The molecule has 2 aliphatic rings. The van der Waals surface area contributed by atoms with E-state index >= 15 is 0 Å². The molecule has 5 atom stereocenters. The highest BCUT2D eigenvalue weighted by Crippen LogP contribution is 2.38. The molecule has 112 valence electrons. The molecule has 1 heterocycles. The zero-order valence-electron chi connectivity index (χ0n) is 11.4. The first-order chi connectivity index (χ1) is 9.31. The van der Waals surface area contributed by atoms with Crippen molar-refractivity contribution in [1.82, 2.24) is 4.90 Å². The summed E-state index contributed by atoms with van der Waals surface area (Å²) in [6.45, 7) is 1.96. The van der Waals surface area contributed by atoms with Gasteiger partial charge >= 0.3 is 5.97 Å². The number of carbonyl (C=O) groups is 3. The Morgan fingerprint density at radius 1 is 1.15 bits per heavy atom. The number of hydrogen-bond donors (Lipinski definition) is 3. The second-order valence-electron chi connectivity index (χ2n) is 5.93. The van der Waals surface area contributed by atoms with Gasteiger partial charge in [0.1, 0.15) is 6.04 Å². The second-order valence-corrected chi connectivity index (χ2v) is 5.93. The van der Waals surface area contributed by atoms with Crippen molar-refractivity contribution in [1.29, 1.82) is 0 Å². The molecule has 1 aliphatic heterocycles. The van der Waals surface area contributed by atoms with Crippen LogP contribution in [0.5, 0.6) is 0 Å². The Bertz CT molecular complexity index is 400. The highest BCUT2D eigenvalue weighted by molar-refractivity contribution is 5.90. The molecule has 1 saturated heterocycles. The van der Waals surface area contributed by atoms with Crippen LogP contribution in [-0.4, -0.2) is 51.6 Å². The van der Waals surface area contributed by atoms with E-state index in [0.717, 1.165) is 0 Å². The van der Waals surface area contributed by atoms with Crippen LogP contribution in [0.2, 0.25) is 0 Å². The van der Waals surface area contributed by atoms with E-state index < -0.39 is 35.9 Å². The third-order valence-corrected chi connectivity index (χ3v) is 4.32. The van der Waals surface area contributed by atoms with Gasteiger partial charge in [0.2, 0.25) is 11.8 Å². The number of aliphatic hydroxyl groups is 1. The molecule has 0 aromatic heterocycles. The third kappa shape index (κ3) is 2.63.